The first-order valence-electron chi connectivity index (χ1n) is 6.58. The summed E-state index contributed by atoms with van der Waals surface area (Å²) in [5.41, 5.74) is 3.19. The Morgan fingerprint density at radius 3 is 1.95 bits per heavy atom. The van der Waals surface area contributed by atoms with Gasteiger partial charge in [-0.25, -0.2) is 0 Å². The highest BCUT2D eigenvalue weighted by Gasteiger charge is 2.09. The summed E-state index contributed by atoms with van der Waals surface area (Å²) in [7, 11) is -3.62. The van der Waals surface area contributed by atoms with Gasteiger partial charge in [0, 0.05) is 6.21 Å². The predicted octanol–water partition coefficient (Wildman–Crippen LogP) is 3.78. The van der Waals surface area contributed by atoms with Gasteiger partial charge >= 0.3 is 0 Å². The number of hydrogen-bond acceptors (Lipinski definition) is 2. The summed E-state index contributed by atoms with van der Waals surface area (Å²) in [5, 5.41) is 0. The van der Waals surface area contributed by atoms with Crippen molar-refractivity contribution >= 4 is 22.3 Å². The standard InChI is InChI=1S/C17H17NO2S/c1-14-5-9-16(10-6-14)4-3-13-18-21(19,20)17-11-7-15(2)8-12-17/h3-13H,1-2H3/b4-3+,18-13+. The normalized spacial score (nSPS) is 12.3. The summed E-state index contributed by atoms with van der Waals surface area (Å²) in [4.78, 5) is 0.202. The molecule has 2 rings (SSSR count). The van der Waals surface area contributed by atoms with E-state index in [4.69, 9.17) is 0 Å². The Hall–Kier alpha value is -2.20. The Kier molecular flexibility index (Phi) is 4.70. The maximum atomic E-state index is 12.0. The summed E-state index contributed by atoms with van der Waals surface area (Å²) < 4.78 is 27.6. The number of aryl methyl sites for hydroxylation is 2. The van der Waals surface area contributed by atoms with Crippen LogP contribution in [0.15, 0.2) is 63.9 Å². The molecule has 0 saturated carbocycles. The minimum absolute atomic E-state index is 0.202. The molecule has 0 aliphatic heterocycles. The van der Waals surface area contributed by atoms with Gasteiger partial charge in [-0.15, -0.1) is 0 Å². The van der Waals surface area contributed by atoms with E-state index in [0.29, 0.717) is 0 Å². The molecule has 0 atom stereocenters. The molecule has 0 aliphatic carbocycles. The van der Waals surface area contributed by atoms with Gasteiger partial charge in [0.25, 0.3) is 10.0 Å². The lowest BCUT2D eigenvalue weighted by molar-refractivity contribution is 0.598. The molecule has 0 fully saturated rings. The van der Waals surface area contributed by atoms with Crippen LogP contribution in [-0.4, -0.2) is 14.6 Å². The first kappa shape index (κ1) is 15.2. The molecule has 0 N–H and O–H groups in total. The molecule has 0 aliphatic rings. The van der Waals surface area contributed by atoms with E-state index in [9.17, 15) is 8.42 Å². The molecule has 0 spiro atoms. The number of rotatable bonds is 4. The Morgan fingerprint density at radius 2 is 1.38 bits per heavy atom. The second-order valence-electron chi connectivity index (χ2n) is 4.81. The highest BCUT2D eigenvalue weighted by atomic mass is 32.2. The van der Waals surface area contributed by atoms with Crippen molar-refractivity contribution in [3.8, 4) is 0 Å². The van der Waals surface area contributed by atoms with E-state index in [1.165, 1.54) is 11.8 Å². The summed E-state index contributed by atoms with van der Waals surface area (Å²) in [5.74, 6) is 0. The molecule has 21 heavy (non-hydrogen) atoms. The van der Waals surface area contributed by atoms with E-state index in [0.717, 1.165) is 11.1 Å². The molecule has 3 nitrogen and oxygen atoms in total. The second-order valence-corrected chi connectivity index (χ2v) is 6.44. The lowest BCUT2D eigenvalue weighted by Gasteiger charge is -1.98. The first-order valence-corrected chi connectivity index (χ1v) is 8.02. The summed E-state index contributed by atoms with van der Waals surface area (Å²) in [6, 6.07) is 14.6. The molecule has 0 unspecified atom stereocenters. The van der Waals surface area contributed by atoms with Crippen molar-refractivity contribution in [1.82, 2.24) is 0 Å². The van der Waals surface area contributed by atoms with Crippen LogP contribution in [0.1, 0.15) is 16.7 Å². The van der Waals surface area contributed by atoms with Crippen molar-refractivity contribution in [2.45, 2.75) is 18.7 Å². The fourth-order valence-corrected chi connectivity index (χ4v) is 2.55. The van der Waals surface area contributed by atoms with Crippen LogP contribution in [0.25, 0.3) is 6.08 Å². The number of allylic oxidation sites excluding steroid dienone is 1. The van der Waals surface area contributed by atoms with Crippen LogP contribution >= 0.6 is 0 Å². The zero-order valence-corrected chi connectivity index (χ0v) is 12.8. The predicted molar refractivity (Wildman–Crippen MR) is 87.1 cm³/mol. The van der Waals surface area contributed by atoms with Gasteiger partial charge in [0.2, 0.25) is 0 Å². The summed E-state index contributed by atoms with van der Waals surface area (Å²) >= 11 is 0. The van der Waals surface area contributed by atoms with Crippen molar-refractivity contribution in [1.29, 1.82) is 0 Å². The minimum atomic E-state index is -3.62. The van der Waals surface area contributed by atoms with Crippen molar-refractivity contribution in [2.24, 2.45) is 4.40 Å². The van der Waals surface area contributed by atoms with Gasteiger partial charge in [-0.05, 0) is 37.6 Å². The third kappa shape index (κ3) is 4.39. The molecule has 0 amide bonds. The molecule has 0 heterocycles. The molecular weight excluding hydrogens is 282 g/mol. The van der Waals surface area contributed by atoms with E-state index >= 15 is 0 Å². The lowest BCUT2D eigenvalue weighted by Crippen LogP contribution is -1.96. The van der Waals surface area contributed by atoms with Gasteiger partial charge < -0.3 is 0 Å². The largest absolute Gasteiger partial charge is 0.282 e. The van der Waals surface area contributed by atoms with E-state index in [2.05, 4.69) is 4.40 Å². The molecule has 108 valence electrons. The number of nitrogens with zero attached hydrogens (tertiary/aromatic N) is 1. The number of benzene rings is 2. The van der Waals surface area contributed by atoms with Gasteiger partial charge in [0.15, 0.2) is 0 Å². The van der Waals surface area contributed by atoms with Crippen LogP contribution in [0.3, 0.4) is 0 Å². The van der Waals surface area contributed by atoms with Gasteiger partial charge in [-0.3, -0.25) is 0 Å². The van der Waals surface area contributed by atoms with E-state index < -0.39 is 10.0 Å². The van der Waals surface area contributed by atoms with Crippen LogP contribution < -0.4 is 0 Å². The molecule has 2 aromatic carbocycles. The fraction of sp³-hybridized carbons (Fsp3) is 0.118. The van der Waals surface area contributed by atoms with Crippen LogP contribution in [0.4, 0.5) is 0 Å². The molecule has 0 saturated heterocycles. The molecule has 2 aromatic rings. The van der Waals surface area contributed by atoms with Crippen molar-refractivity contribution in [2.75, 3.05) is 0 Å². The SMILES string of the molecule is Cc1ccc(/C=C/C=N/S(=O)(=O)c2ccc(C)cc2)cc1. The Bertz CT molecular complexity index is 755. The Morgan fingerprint density at radius 1 is 0.857 bits per heavy atom. The van der Waals surface area contributed by atoms with Gasteiger partial charge in [0.1, 0.15) is 0 Å². The van der Waals surface area contributed by atoms with Crippen molar-refractivity contribution in [3.63, 3.8) is 0 Å². The number of sulfonamides is 1. The zero-order chi connectivity index (χ0) is 15.3. The maximum Gasteiger partial charge on any atom is 0.282 e. The van der Waals surface area contributed by atoms with E-state index in [1.54, 1.807) is 30.3 Å². The minimum Gasteiger partial charge on any atom is -0.199 e. The van der Waals surface area contributed by atoms with Crippen LogP contribution in [-0.2, 0) is 10.0 Å². The number of hydrogen-bond donors (Lipinski definition) is 0. The molecule has 0 bridgehead atoms. The third-order valence-corrected chi connectivity index (χ3v) is 4.24. The monoisotopic (exact) mass is 299 g/mol. The quantitative estimate of drug-likeness (QED) is 0.807. The molecule has 0 radical (unpaired) electrons. The van der Waals surface area contributed by atoms with E-state index in [-0.39, 0.29) is 4.90 Å². The molecular formula is C17H17NO2S. The van der Waals surface area contributed by atoms with Gasteiger partial charge in [0.05, 0.1) is 4.90 Å². The Balaban J connectivity index is 2.09. The molecule has 4 heteroatoms. The fourth-order valence-electron chi connectivity index (χ4n) is 1.72. The van der Waals surface area contributed by atoms with Crippen molar-refractivity contribution < 1.29 is 8.42 Å². The topological polar surface area (TPSA) is 46.5 Å². The maximum absolute atomic E-state index is 12.0. The Labute approximate surface area is 125 Å². The average molecular weight is 299 g/mol. The summed E-state index contributed by atoms with van der Waals surface area (Å²) in [6.45, 7) is 3.92. The highest BCUT2D eigenvalue weighted by Crippen LogP contribution is 2.12. The zero-order valence-electron chi connectivity index (χ0n) is 12.0. The lowest BCUT2D eigenvalue weighted by atomic mass is 10.1. The van der Waals surface area contributed by atoms with Gasteiger partial charge in [-0.1, -0.05) is 53.6 Å². The third-order valence-electron chi connectivity index (χ3n) is 2.97. The first-order chi connectivity index (χ1) is 9.97. The highest BCUT2D eigenvalue weighted by molar-refractivity contribution is 7.90. The van der Waals surface area contributed by atoms with Crippen LogP contribution in [0, 0.1) is 13.8 Å². The summed E-state index contributed by atoms with van der Waals surface area (Å²) in [6.07, 6.45) is 4.74. The van der Waals surface area contributed by atoms with Gasteiger partial charge in [-0.2, -0.15) is 12.8 Å². The van der Waals surface area contributed by atoms with E-state index in [1.807, 2.05) is 44.2 Å². The second kappa shape index (κ2) is 6.50. The van der Waals surface area contributed by atoms with Crippen molar-refractivity contribution in [3.05, 3.63) is 71.3 Å². The average Bonchev–Trinajstić information content (AvgIpc) is 2.46. The molecule has 0 aromatic heterocycles. The van der Waals surface area contributed by atoms with Crippen LogP contribution in [0.5, 0.6) is 0 Å². The smallest absolute Gasteiger partial charge is 0.199 e. The van der Waals surface area contributed by atoms with Crippen LogP contribution in [0.2, 0.25) is 0 Å².